The zero-order chi connectivity index (χ0) is 13.0. The Hall–Kier alpha value is -1.36. The van der Waals surface area contributed by atoms with Crippen LogP contribution in [0.1, 0.15) is 48.9 Å². The first kappa shape index (κ1) is 13.1. The standard InChI is InChI=1S/C13H17NO3S/c15-11(10-5-8-18-9-10)14-13(12(16)17)6-3-1-2-4-7-13/h5,8-9H,1-4,6-7H2,(H,14,15)(H,16,17). The monoisotopic (exact) mass is 267 g/mol. The van der Waals surface area contributed by atoms with Crippen LogP contribution in [0.3, 0.4) is 0 Å². The second kappa shape index (κ2) is 5.52. The van der Waals surface area contributed by atoms with E-state index in [1.165, 1.54) is 11.3 Å². The molecule has 1 fully saturated rings. The summed E-state index contributed by atoms with van der Waals surface area (Å²) in [6.07, 6.45) is 4.86. The van der Waals surface area contributed by atoms with Gasteiger partial charge in [-0.15, -0.1) is 0 Å². The van der Waals surface area contributed by atoms with Crippen LogP contribution in [0.25, 0.3) is 0 Å². The molecule has 0 radical (unpaired) electrons. The van der Waals surface area contributed by atoms with Gasteiger partial charge in [0.05, 0.1) is 5.56 Å². The largest absolute Gasteiger partial charge is 0.480 e. The molecular weight excluding hydrogens is 250 g/mol. The van der Waals surface area contributed by atoms with Crippen LogP contribution in [-0.4, -0.2) is 22.5 Å². The number of carbonyl (C=O) groups is 2. The van der Waals surface area contributed by atoms with E-state index in [2.05, 4.69) is 5.32 Å². The molecular formula is C13H17NO3S. The van der Waals surface area contributed by atoms with Gasteiger partial charge in [0.25, 0.3) is 5.91 Å². The molecule has 1 aliphatic carbocycles. The Morgan fingerprint density at radius 1 is 1.22 bits per heavy atom. The molecule has 0 spiro atoms. The molecule has 2 N–H and O–H groups in total. The van der Waals surface area contributed by atoms with E-state index < -0.39 is 11.5 Å². The normalized spacial score (nSPS) is 18.9. The molecule has 5 heteroatoms. The van der Waals surface area contributed by atoms with Crippen molar-refractivity contribution in [3.63, 3.8) is 0 Å². The van der Waals surface area contributed by atoms with Crippen molar-refractivity contribution in [2.75, 3.05) is 0 Å². The van der Waals surface area contributed by atoms with Gasteiger partial charge in [0.1, 0.15) is 5.54 Å². The lowest BCUT2D eigenvalue weighted by molar-refractivity contribution is -0.145. The van der Waals surface area contributed by atoms with Crippen LogP contribution >= 0.6 is 11.3 Å². The molecule has 1 amide bonds. The summed E-state index contributed by atoms with van der Waals surface area (Å²) in [5, 5.41) is 15.7. The number of carbonyl (C=O) groups excluding carboxylic acids is 1. The highest BCUT2D eigenvalue weighted by atomic mass is 32.1. The maximum absolute atomic E-state index is 12.0. The molecule has 0 atom stereocenters. The van der Waals surface area contributed by atoms with Gasteiger partial charge in [0.15, 0.2) is 0 Å². The van der Waals surface area contributed by atoms with Crippen LogP contribution in [0.2, 0.25) is 0 Å². The second-order valence-corrected chi connectivity index (χ2v) is 5.55. The van der Waals surface area contributed by atoms with Gasteiger partial charge in [-0.2, -0.15) is 11.3 Å². The molecule has 98 valence electrons. The Morgan fingerprint density at radius 3 is 2.39 bits per heavy atom. The lowest BCUT2D eigenvalue weighted by Crippen LogP contribution is -2.54. The Kier molecular flexibility index (Phi) is 4.01. The third-order valence-corrected chi connectivity index (χ3v) is 4.19. The van der Waals surface area contributed by atoms with Crippen molar-refractivity contribution in [1.82, 2.24) is 5.32 Å². The molecule has 0 unspecified atom stereocenters. The Morgan fingerprint density at radius 2 is 1.89 bits per heavy atom. The van der Waals surface area contributed by atoms with Crippen LogP contribution in [0.4, 0.5) is 0 Å². The Bertz CT molecular complexity index is 419. The summed E-state index contributed by atoms with van der Waals surface area (Å²) in [5.74, 6) is -1.19. The summed E-state index contributed by atoms with van der Waals surface area (Å²) in [6.45, 7) is 0. The fourth-order valence-corrected chi connectivity index (χ4v) is 3.04. The van der Waals surface area contributed by atoms with Gasteiger partial charge in [0.2, 0.25) is 0 Å². The minimum atomic E-state index is -1.07. The summed E-state index contributed by atoms with van der Waals surface area (Å²) in [7, 11) is 0. The Balaban J connectivity index is 2.15. The highest BCUT2D eigenvalue weighted by molar-refractivity contribution is 7.08. The van der Waals surface area contributed by atoms with Crippen LogP contribution in [0.15, 0.2) is 16.8 Å². The van der Waals surface area contributed by atoms with E-state index in [1.54, 1.807) is 11.4 Å². The van der Waals surface area contributed by atoms with Crippen LogP contribution < -0.4 is 5.32 Å². The van der Waals surface area contributed by atoms with Crippen molar-refractivity contribution in [2.24, 2.45) is 0 Å². The van der Waals surface area contributed by atoms with Gasteiger partial charge < -0.3 is 10.4 Å². The summed E-state index contributed by atoms with van der Waals surface area (Å²) in [4.78, 5) is 23.6. The van der Waals surface area contributed by atoms with Gasteiger partial charge in [-0.1, -0.05) is 25.7 Å². The molecule has 4 nitrogen and oxygen atoms in total. The van der Waals surface area contributed by atoms with Gasteiger partial charge in [0, 0.05) is 5.38 Å². The molecule has 0 saturated heterocycles. The van der Waals surface area contributed by atoms with E-state index in [1.807, 2.05) is 5.38 Å². The molecule has 0 aliphatic heterocycles. The lowest BCUT2D eigenvalue weighted by Gasteiger charge is -2.29. The molecule has 18 heavy (non-hydrogen) atoms. The number of carboxylic acid groups (broad SMARTS) is 1. The van der Waals surface area contributed by atoms with Crippen LogP contribution in [0, 0.1) is 0 Å². The molecule has 2 rings (SSSR count). The van der Waals surface area contributed by atoms with Crippen LogP contribution in [0.5, 0.6) is 0 Å². The van der Waals surface area contributed by atoms with E-state index in [0.29, 0.717) is 18.4 Å². The van der Waals surface area contributed by atoms with E-state index in [9.17, 15) is 14.7 Å². The summed E-state index contributed by atoms with van der Waals surface area (Å²) < 4.78 is 0. The number of thiophene rings is 1. The molecule has 1 heterocycles. The maximum Gasteiger partial charge on any atom is 0.329 e. The zero-order valence-electron chi connectivity index (χ0n) is 10.1. The van der Waals surface area contributed by atoms with Crippen molar-refractivity contribution in [3.05, 3.63) is 22.4 Å². The van der Waals surface area contributed by atoms with E-state index in [0.717, 1.165) is 25.7 Å². The predicted molar refractivity (Wildman–Crippen MR) is 69.9 cm³/mol. The first-order valence-electron chi connectivity index (χ1n) is 6.22. The summed E-state index contributed by atoms with van der Waals surface area (Å²) >= 11 is 1.43. The number of amides is 1. The molecule has 1 aromatic heterocycles. The Labute approximate surface area is 110 Å². The average molecular weight is 267 g/mol. The van der Waals surface area contributed by atoms with Crippen molar-refractivity contribution < 1.29 is 14.7 Å². The number of hydrogen-bond donors (Lipinski definition) is 2. The van der Waals surface area contributed by atoms with E-state index in [4.69, 9.17) is 0 Å². The third-order valence-electron chi connectivity index (χ3n) is 3.50. The maximum atomic E-state index is 12.0. The number of aliphatic carboxylic acids is 1. The van der Waals surface area contributed by atoms with Crippen LogP contribution in [-0.2, 0) is 4.79 Å². The molecule has 0 aromatic carbocycles. The first-order valence-corrected chi connectivity index (χ1v) is 7.16. The van der Waals surface area contributed by atoms with Crippen molar-refractivity contribution >= 4 is 23.2 Å². The minimum Gasteiger partial charge on any atom is -0.480 e. The lowest BCUT2D eigenvalue weighted by atomic mass is 9.90. The van der Waals surface area contributed by atoms with E-state index in [-0.39, 0.29) is 5.91 Å². The number of carboxylic acids is 1. The van der Waals surface area contributed by atoms with Crippen molar-refractivity contribution in [2.45, 2.75) is 44.1 Å². The highest BCUT2D eigenvalue weighted by Gasteiger charge is 2.40. The molecule has 1 aromatic rings. The number of nitrogens with one attached hydrogen (secondary N) is 1. The van der Waals surface area contributed by atoms with Gasteiger partial charge in [-0.3, -0.25) is 4.79 Å². The first-order chi connectivity index (χ1) is 8.64. The van der Waals surface area contributed by atoms with Gasteiger partial charge in [-0.25, -0.2) is 4.79 Å². The predicted octanol–water partition coefficient (Wildman–Crippen LogP) is 2.66. The fraction of sp³-hybridized carbons (Fsp3) is 0.538. The average Bonchev–Trinajstić information content (AvgIpc) is 2.77. The zero-order valence-corrected chi connectivity index (χ0v) is 11.0. The van der Waals surface area contributed by atoms with Gasteiger partial charge in [-0.05, 0) is 24.3 Å². The summed E-state index contributed by atoms with van der Waals surface area (Å²) in [6, 6.07) is 1.71. The third kappa shape index (κ3) is 2.72. The molecule has 0 bridgehead atoms. The SMILES string of the molecule is O=C(NC1(C(=O)O)CCCCCC1)c1ccsc1. The highest BCUT2D eigenvalue weighted by Crippen LogP contribution is 2.28. The molecule has 1 aliphatic rings. The minimum absolute atomic E-state index is 0.277. The van der Waals surface area contributed by atoms with Crippen molar-refractivity contribution in [1.29, 1.82) is 0 Å². The number of rotatable bonds is 3. The fourth-order valence-electron chi connectivity index (χ4n) is 2.41. The molecule has 1 saturated carbocycles. The second-order valence-electron chi connectivity index (χ2n) is 4.77. The topological polar surface area (TPSA) is 66.4 Å². The quantitative estimate of drug-likeness (QED) is 0.827. The number of hydrogen-bond acceptors (Lipinski definition) is 3. The van der Waals surface area contributed by atoms with E-state index >= 15 is 0 Å². The smallest absolute Gasteiger partial charge is 0.329 e. The van der Waals surface area contributed by atoms with Gasteiger partial charge >= 0.3 is 5.97 Å². The van der Waals surface area contributed by atoms with Crippen molar-refractivity contribution in [3.8, 4) is 0 Å². The summed E-state index contributed by atoms with van der Waals surface area (Å²) in [5.41, 5.74) is -0.528.